The maximum Gasteiger partial charge on any atom is 0.308 e. The smallest absolute Gasteiger partial charge is 0.308 e. The number of benzene rings is 1. The summed E-state index contributed by atoms with van der Waals surface area (Å²) in [6.07, 6.45) is 3.33. The topological polar surface area (TPSA) is 361 Å². The molecule has 1 aromatic carbocycles. The summed E-state index contributed by atoms with van der Waals surface area (Å²) in [4.78, 5) is 55.0. The van der Waals surface area contributed by atoms with Crippen molar-refractivity contribution in [1.29, 1.82) is 0 Å². The summed E-state index contributed by atoms with van der Waals surface area (Å²) in [5.74, 6) is -6.46. The van der Waals surface area contributed by atoms with Crippen molar-refractivity contribution in [2.75, 3.05) is 39.5 Å². The van der Waals surface area contributed by atoms with E-state index in [1.165, 1.54) is 0 Å². The molecule has 14 N–H and O–H groups in total. The third kappa shape index (κ3) is 26.0. The molecule has 14 unspecified atom stereocenters. The highest BCUT2D eigenvalue weighted by atomic mass is 16.7. The first-order valence-corrected chi connectivity index (χ1v) is 29.5. The Kier molecular flexibility index (Phi) is 31.4. The van der Waals surface area contributed by atoms with Gasteiger partial charge in [0.15, 0.2) is 17.9 Å². The molecule has 3 aliphatic rings. The first kappa shape index (κ1) is 72.4. The molecule has 2 fully saturated rings. The number of esters is 1. The highest BCUT2D eigenvalue weighted by molar-refractivity contribution is 5.96. The van der Waals surface area contributed by atoms with Gasteiger partial charge in [0.2, 0.25) is 5.91 Å². The van der Waals surface area contributed by atoms with E-state index in [1.54, 1.807) is 117 Å². The van der Waals surface area contributed by atoms with Crippen molar-refractivity contribution in [2.24, 2.45) is 23.5 Å². The maximum atomic E-state index is 13.8. The van der Waals surface area contributed by atoms with Gasteiger partial charge in [0.05, 0.1) is 85.5 Å². The number of nitrogens with zero attached hydrogens (tertiary/aromatic N) is 1. The number of cyclic esters (lactones) is 1. The van der Waals surface area contributed by atoms with Gasteiger partial charge in [0.1, 0.15) is 18.0 Å². The third-order valence-corrected chi connectivity index (χ3v) is 15.2. The van der Waals surface area contributed by atoms with Crippen LogP contribution in [0, 0.1) is 17.8 Å². The molecule has 0 spiro atoms. The van der Waals surface area contributed by atoms with Crippen LogP contribution >= 0.6 is 0 Å². The molecule has 0 aromatic heterocycles. The average molecular weight is 1200 g/mol. The summed E-state index contributed by atoms with van der Waals surface area (Å²) in [6, 6.07) is 5.78. The number of nitrogens with two attached hydrogens (primary N) is 1. The lowest BCUT2D eigenvalue weighted by Gasteiger charge is -2.46. The number of aliphatic hydroxyl groups excluding tert-OH is 9. The predicted octanol–water partition coefficient (Wildman–Crippen LogP) is 2.34. The molecule has 4 rings (SSSR count). The van der Waals surface area contributed by atoms with Crippen LogP contribution in [-0.4, -0.2) is 211 Å². The Morgan fingerprint density at radius 2 is 1.31 bits per heavy atom. The first-order valence-electron chi connectivity index (χ1n) is 29.5. The minimum Gasteiger partial charge on any atom is -0.461 e. The Balaban J connectivity index is 1.58. The van der Waals surface area contributed by atoms with Gasteiger partial charge >= 0.3 is 5.97 Å². The van der Waals surface area contributed by atoms with E-state index in [9.17, 15) is 70.2 Å². The van der Waals surface area contributed by atoms with Crippen molar-refractivity contribution in [3.05, 3.63) is 115 Å². The number of hydrogen-bond donors (Lipinski definition) is 13. The Morgan fingerprint density at radius 1 is 0.741 bits per heavy atom. The van der Waals surface area contributed by atoms with Gasteiger partial charge in [-0.25, -0.2) is 0 Å². The van der Waals surface area contributed by atoms with Crippen LogP contribution in [0.15, 0.2) is 109 Å². The summed E-state index contributed by atoms with van der Waals surface area (Å²) in [6.45, 7) is 5.94. The second kappa shape index (κ2) is 36.9. The van der Waals surface area contributed by atoms with Crippen molar-refractivity contribution in [2.45, 2.75) is 195 Å². The van der Waals surface area contributed by atoms with Crippen molar-refractivity contribution in [1.82, 2.24) is 10.2 Å². The molecule has 0 saturated carbocycles. The molecule has 2 bridgehead atoms. The molecule has 1 aromatic rings. The quantitative estimate of drug-likeness (QED) is 0.0939. The number of ether oxygens (including phenoxy) is 4. The van der Waals surface area contributed by atoms with Crippen LogP contribution in [0.4, 0.5) is 5.69 Å². The van der Waals surface area contributed by atoms with Crippen molar-refractivity contribution in [3.8, 4) is 0 Å². The largest absolute Gasteiger partial charge is 0.461 e. The SMILES string of the molecule is CNc1ccc(C(=O)CC(O)CCC(C)C2OC(=O)CC(O)CC(=O)CC(O)CC(O)CC(O)CC(O)CC3(O)CC(O)C(C(=O)NCCN(C)C)C(CC(O[C@H]4O[C@@H](C)[C@H](O)[C@@H](N)[C@H]4O)/C=C/C=C/C=C/C=C/C=C/C=C/C=C\C2C)O3)cc1. The van der Waals surface area contributed by atoms with Gasteiger partial charge in [-0.3, -0.25) is 19.2 Å². The number of fused-ring (bicyclic) bond motifs is 2. The second-order valence-corrected chi connectivity index (χ2v) is 23.2. The number of aliphatic hydroxyl groups is 10. The zero-order valence-corrected chi connectivity index (χ0v) is 49.9. The molecule has 85 heavy (non-hydrogen) atoms. The molecule has 22 heteroatoms. The van der Waals surface area contributed by atoms with Gasteiger partial charge in [-0.15, -0.1) is 0 Å². The van der Waals surface area contributed by atoms with E-state index >= 15 is 0 Å². The highest BCUT2D eigenvalue weighted by Gasteiger charge is 2.51. The Morgan fingerprint density at radius 3 is 1.91 bits per heavy atom. The van der Waals surface area contributed by atoms with Crippen LogP contribution in [-0.2, 0) is 33.3 Å². The molecule has 1 amide bonds. The third-order valence-electron chi connectivity index (χ3n) is 15.2. The number of Topliss-reactive ketones (excluding diaryl/α,β-unsaturated/α-hetero) is 2. The fourth-order valence-electron chi connectivity index (χ4n) is 10.6. The number of allylic oxidation sites excluding steroid dienone is 12. The van der Waals surface area contributed by atoms with Gasteiger partial charge in [0.25, 0.3) is 0 Å². The molecule has 0 radical (unpaired) electrons. The minimum atomic E-state index is -2.28. The lowest BCUT2D eigenvalue weighted by Crippen LogP contribution is -2.62. The van der Waals surface area contributed by atoms with Crippen molar-refractivity contribution < 1.29 is 89.2 Å². The molecular formula is C63H96N4O18. The Bertz CT molecular complexity index is 2410. The van der Waals surface area contributed by atoms with Crippen molar-refractivity contribution in [3.63, 3.8) is 0 Å². The standard InChI is InChI=1S/C63H96N4O18/c1-39-19-17-15-13-11-9-7-8-10-12-14-16-18-20-51(83-62-59(79)57(64)58(78)41(3)82-62)36-54-56(61(80)66-27-28-67(5)6)53(76)38-63(81,85-54)37-50(74)33-48(72)31-46(70)29-45(69)30-47(71)32-49(73)35-55(77)84-60(39)40(2)21-26-44(68)34-52(75)42-22-24-43(65-4)25-23-42/h7-20,22-25,39-41,44-46,48-51,53-54,56-60,62,65,68-70,72-74,76,78-79,81H,21,26-38,64H2,1-6H3,(H,66,80)/b8-7+,11-9+,12-10+,15-13+,16-14+,19-17-,20-18+/t39?,40?,41-,44?,45?,46?,48?,49?,50?,51?,53?,54?,56?,57+,58-,59+,60?,62+,63?/m0/s1. The van der Waals surface area contributed by atoms with Gasteiger partial charge in [-0.2, -0.15) is 0 Å². The normalized spacial score (nSPS) is 36.5. The van der Waals surface area contributed by atoms with Crippen LogP contribution < -0.4 is 16.4 Å². The predicted molar refractivity (Wildman–Crippen MR) is 319 cm³/mol. The summed E-state index contributed by atoms with van der Waals surface area (Å²) >= 11 is 0. The molecule has 3 aliphatic heterocycles. The first-order chi connectivity index (χ1) is 40.3. The molecule has 22 nitrogen and oxygen atoms in total. The number of nitrogens with one attached hydrogen (secondary N) is 2. The van der Waals surface area contributed by atoms with Crippen LogP contribution in [0.1, 0.15) is 108 Å². The fourth-order valence-corrected chi connectivity index (χ4v) is 10.6. The van der Waals surface area contributed by atoms with E-state index < -0.39 is 160 Å². The number of likely N-dealkylation sites (N-methyl/N-ethyl adjacent to an activating group) is 1. The molecule has 476 valence electrons. The number of rotatable bonds is 14. The van der Waals surface area contributed by atoms with E-state index in [0.717, 1.165) is 5.69 Å². The van der Waals surface area contributed by atoms with E-state index in [1.807, 2.05) is 38.9 Å². The zero-order chi connectivity index (χ0) is 62.8. The van der Waals surface area contributed by atoms with Crippen LogP contribution in [0.5, 0.6) is 0 Å². The van der Waals surface area contributed by atoms with Crippen LogP contribution in [0.2, 0.25) is 0 Å². The zero-order valence-electron chi connectivity index (χ0n) is 49.9. The molecular weight excluding hydrogens is 1100 g/mol. The van der Waals surface area contributed by atoms with E-state index in [-0.39, 0.29) is 56.3 Å². The maximum absolute atomic E-state index is 13.8. The van der Waals surface area contributed by atoms with Crippen molar-refractivity contribution >= 4 is 29.1 Å². The highest BCUT2D eigenvalue weighted by Crippen LogP contribution is 2.38. The summed E-state index contributed by atoms with van der Waals surface area (Å²) in [5, 5.41) is 117. The van der Waals surface area contributed by atoms with Gasteiger partial charge in [-0.05, 0) is 83.3 Å². The molecule has 0 aliphatic carbocycles. The molecule has 2 saturated heterocycles. The number of hydrogen-bond acceptors (Lipinski definition) is 21. The Labute approximate surface area is 500 Å². The van der Waals surface area contributed by atoms with Crippen LogP contribution in [0.25, 0.3) is 0 Å². The molecule has 3 heterocycles. The number of carbonyl (C=O) groups is 4. The summed E-state index contributed by atoms with van der Waals surface area (Å²) < 4.78 is 24.3. The summed E-state index contributed by atoms with van der Waals surface area (Å²) in [7, 11) is 5.40. The lowest BCUT2D eigenvalue weighted by molar-refractivity contribution is -0.307. The number of ketones is 2. The van der Waals surface area contributed by atoms with E-state index in [4.69, 9.17) is 24.7 Å². The number of carbonyl (C=O) groups excluding carboxylic acids is 4. The molecule has 19 atom stereocenters. The Hall–Kier alpha value is -5.12. The van der Waals surface area contributed by atoms with Crippen LogP contribution in [0.3, 0.4) is 0 Å². The van der Waals surface area contributed by atoms with E-state index in [2.05, 4.69) is 10.6 Å². The minimum absolute atomic E-state index is 0.102. The average Bonchev–Trinajstić information content (AvgIpc) is 1.84. The summed E-state index contributed by atoms with van der Waals surface area (Å²) in [5.41, 5.74) is 7.44. The van der Waals surface area contributed by atoms with Gasteiger partial charge in [-0.1, -0.05) is 98.9 Å². The van der Waals surface area contributed by atoms with Gasteiger partial charge in [0, 0.05) is 75.8 Å². The monoisotopic (exact) mass is 1200 g/mol. The second-order valence-electron chi connectivity index (χ2n) is 23.2. The number of anilines is 1. The van der Waals surface area contributed by atoms with E-state index in [0.29, 0.717) is 18.5 Å². The fraction of sp³-hybridized carbons (Fsp3) is 0.619. The number of amides is 1. The lowest BCUT2D eigenvalue weighted by atomic mass is 9.82. The van der Waals surface area contributed by atoms with Gasteiger partial charge < -0.3 is 91.3 Å².